The number of likely N-dealkylation sites (N-methyl/N-ethyl adjacent to an activating group) is 1. The predicted molar refractivity (Wildman–Crippen MR) is 94.3 cm³/mol. The van der Waals surface area contributed by atoms with Gasteiger partial charge in [0, 0.05) is 22.1 Å². The Morgan fingerprint density at radius 3 is 2.74 bits per heavy atom. The molecular weight excluding hydrogens is 356 g/mol. The maximum Gasteiger partial charge on any atom is 0.269 e. The molecule has 0 saturated heterocycles. The van der Waals surface area contributed by atoms with E-state index in [1.54, 1.807) is 6.07 Å². The van der Waals surface area contributed by atoms with Crippen molar-refractivity contribution in [1.29, 1.82) is 0 Å². The fourth-order valence-electron chi connectivity index (χ4n) is 3.18. The topological polar surface area (TPSA) is 61.0 Å². The Labute approximate surface area is 144 Å². The normalized spacial score (nSPS) is 20.9. The molecule has 3 rings (SSSR count). The molecule has 2 N–H and O–H groups in total. The summed E-state index contributed by atoms with van der Waals surface area (Å²) in [6.45, 7) is 0. The van der Waals surface area contributed by atoms with Gasteiger partial charge in [0.1, 0.15) is 5.69 Å². The second kappa shape index (κ2) is 6.84. The van der Waals surface area contributed by atoms with Crippen LogP contribution in [0.4, 0.5) is 0 Å². The molecule has 0 radical (unpaired) electrons. The lowest BCUT2D eigenvalue weighted by molar-refractivity contribution is 0.0914. The average Bonchev–Trinajstić information content (AvgIpc) is 3.16. The van der Waals surface area contributed by atoms with Gasteiger partial charge in [-0.25, -0.2) is 0 Å². The highest BCUT2D eigenvalue weighted by Gasteiger charge is 2.30. The first-order valence-electron chi connectivity index (χ1n) is 7.83. The molecule has 0 unspecified atom stereocenters. The first-order valence-corrected chi connectivity index (χ1v) is 8.62. The molecule has 1 aliphatic rings. The van der Waals surface area contributed by atoms with Crippen molar-refractivity contribution in [3.8, 4) is 11.3 Å². The number of benzene rings is 1. The van der Waals surface area contributed by atoms with Gasteiger partial charge in [-0.05, 0) is 51.6 Å². The number of rotatable bonds is 4. The summed E-state index contributed by atoms with van der Waals surface area (Å²) in [5.41, 5.74) is 2.26. The number of carbonyl (C=O) groups is 1. The molecule has 2 atom stereocenters. The van der Waals surface area contributed by atoms with Gasteiger partial charge in [-0.15, -0.1) is 0 Å². The van der Waals surface area contributed by atoms with E-state index >= 15 is 0 Å². The molecule has 1 amide bonds. The Bertz CT molecular complexity index is 680. The molecule has 6 heteroatoms. The van der Waals surface area contributed by atoms with Crippen molar-refractivity contribution in [2.45, 2.75) is 31.3 Å². The lowest BCUT2D eigenvalue weighted by Gasteiger charge is -2.26. The number of nitrogens with zero attached hydrogens (tertiary/aromatic N) is 2. The summed E-state index contributed by atoms with van der Waals surface area (Å²) in [4.78, 5) is 14.7. The van der Waals surface area contributed by atoms with E-state index in [-0.39, 0.29) is 11.9 Å². The van der Waals surface area contributed by atoms with Gasteiger partial charge in [0.25, 0.3) is 5.91 Å². The van der Waals surface area contributed by atoms with Crippen LogP contribution in [0.25, 0.3) is 11.3 Å². The number of nitrogens with one attached hydrogen (secondary N) is 2. The van der Waals surface area contributed by atoms with Crippen LogP contribution < -0.4 is 5.32 Å². The van der Waals surface area contributed by atoms with E-state index in [1.165, 1.54) is 0 Å². The second-order valence-corrected chi connectivity index (χ2v) is 7.13. The van der Waals surface area contributed by atoms with Crippen LogP contribution in [0.3, 0.4) is 0 Å². The Kier molecular flexibility index (Phi) is 4.82. The minimum atomic E-state index is -0.0837. The molecule has 1 fully saturated rings. The third-order valence-corrected chi connectivity index (χ3v) is 4.95. The summed E-state index contributed by atoms with van der Waals surface area (Å²) in [6, 6.07) is 10.3. The molecule has 23 heavy (non-hydrogen) atoms. The number of hydrogen-bond donors (Lipinski definition) is 2. The Morgan fingerprint density at radius 2 is 2.04 bits per heavy atom. The largest absolute Gasteiger partial charge is 0.346 e. The number of carbonyl (C=O) groups excluding carboxylic acids is 1. The molecule has 0 spiro atoms. The van der Waals surface area contributed by atoms with Gasteiger partial charge < -0.3 is 10.2 Å². The Balaban J connectivity index is 1.70. The van der Waals surface area contributed by atoms with Gasteiger partial charge >= 0.3 is 0 Å². The van der Waals surface area contributed by atoms with Gasteiger partial charge in [0.15, 0.2) is 0 Å². The monoisotopic (exact) mass is 376 g/mol. The number of aromatic amines is 1. The zero-order chi connectivity index (χ0) is 16.4. The van der Waals surface area contributed by atoms with Crippen molar-refractivity contribution in [3.63, 3.8) is 0 Å². The molecule has 1 aromatic carbocycles. The number of H-pyrrole nitrogens is 1. The van der Waals surface area contributed by atoms with E-state index in [0.29, 0.717) is 11.7 Å². The van der Waals surface area contributed by atoms with E-state index < -0.39 is 0 Å². The van der Waals surface area contributed by atoms with Crippen LogP contribution in [-0.4, -0.2) is 47.2 Å². The van der Waals surface area contributed by atoms with Gasteiger partial charge in [-0.1, -0.05) is 28.1 Å². The van der Waals surface area contributed by atoms with Gasteiger partial charge in [0.2, 0.25) is 0 Å². The van der Waals surface area contributed by atoms with E-state index in [4.69, 9.17) is 0 Å². The van der Waals surface area contributed by atoms with E-state index in [2.05, 4.69) is 50.4 Å². The molecule has 0 aliphatic heterocycles. The Hall–Kier alpha value is -1.66. The summed E-state index contributed by atoms with van der Waals surface area (Å²) < 4.78 is 1.02. The zero-order valence-electron chi connectivity index (χ0n) is 13.3. The van der Waals surface area contributed by atoms with Crippen LogP contribution in [-0.2, 0) is 0 Å². The fraction of sp³-hybridized carbons (Fsp3) is 0.412. The first-order chi connectivity index (χ1) is 11.0. The van der Waals surface area contributed by atoms with Gasteiger partial charge in [0.05, 0.1) is 5.69 Å². The summed E-state index contributed by atoms with van der Waals surface area (Å²) in [6.07, 6.45) is 3.31. The third kappa shape index (κ3) is 3.64. The number of amides is 1. The molecule has 122 valence electrons. The summed E-state index contributed by atoms with van der Waals surface area (Å²) >= 11 is 3.42. The minimum absolute atomic E-state index is 0.0837. The average molecular weight is 377 g/mol. The summed E-state index contributed by atoms with van der Waals surface area (Å²) in [7, 11) is 4.13. The number of hydrogen-bond acceptors (Lipinski definition) is 3. The van der Waals surface area contributed by atoms with Crippen LogP contribution in [0.2, 0.25) is 0 Å². The molecule has 0 bridgehead atoms. The van der Waals surface area contributed by atoms with Crippen LogP contribution in [0.5, 0.6) is 0 Å². The summed E-state index contributed by atoms with van der Waals surface area (Å²) in [5, 5.41) is 10.2. The fourth-order valence-corrected chi connectivity index (χ4v) is 3.44. The first kappa shape index (κ1) is 16.2. The van der Waals surface area contributed by atoms with Crippen molar-refractivity contribution in [2.24, 2.45) is 0 Å². The highest BCUT2D eigenvalue weighted by molar-refractivity contribution is 9.10. The molecule has 1 saturated carbocycles. The zero-order valence-corrected chi connectivity index (χ0v) is 14.9. The molecular formula is C17H21BrN4O. The van der Waals surface area contributed by atoms with Crippen LogP contribution in [0.15, 0.2) is 34.8 Å². The van der Waals surface area contributed by atoms with Crippen LogP contribution >= 0.6 is 15.9 Å². The maximum absolute atomic E-state index is 12.5. The lowest BCUT2D eigenvalue weighted by Crippen LogP contribution is -2.46. The molecule has 1 heterocycles. The van der Waals surface area contributed by atoms with E-state index in [0.717, 1.165) is 35.0 Å². The predicted octanol–water partition coefficient (Wildman–Crippen LogP) is 3.05. The number of halogens is 1. The summed E-state index contributed by atoms with van der Waals surface area (Å²) in [5.74, 6) is -0.0837. The Morgan fingerprint density at radius 1 is 1.30 bits per heavy atom. The van der Waals surface area contributed by atoms with E-state index in [1.807, 2.05) is 24.3 Å². The highest BCUT2D eigenvalue weighted by Crippen LogP contribution is 2.24. The van der Waals surface area contributed by atoms with Crippen LogP contribution in [0.1, 0.15) is 29.8 Å². The van der Waals surface area contributed by atoms with Crippen molar-refractivity contribution in [1.82, 2.24) is 20.4 Å². The SMILES string of the molecule is CN(C)[C@@H]1CCC[C@H]1NC(=O)c1cc(-c2ccc(Br)cc2)n[nH]1. The van der Waals surface area contributed by atoms with Crippen molar-refractivity contribution >= 4 is 21.8 Å². The lowest BCUT2D eigenvalue weighted by atomic mass is 10.1. The van der Waals surface area contributed by atoms with Crippen LogP contribution in [0, 0.1) is 0 Å². The van der Waals surface area contributed by atoms with Crippen molar-refractivity contribution in [3.05, 3.63) is 40.5 Å². The van der Waals surface area contributed by atoms with Gasteiger partial charge in [-0.3, -0.25) is 9.89 Å². The second-order valence-electron chi connectivity index (χ2n) is 6.22. The van der Waals surface area contributed by atoms with E-state index in [9.17, 15) is 4.79 Å². The molecule has 1 aromatic heterocycles. The molecule has 1 aliphatic carbocycles. The molecule has 2 aromatic rings. The third-order valence-electron chi connectivity index (χ3n) is 4.42. The van der Waals surface area contributed by atoms with Gasteiger partial charge in [-0.2, -0.15) is 5.10 Å². The standard InChI is InChI=1S/C17H21BrN4O/c1-22(2)16-5-3-4-13(16)19-17(23)15-10-14(20-21-15)11-6-8-12(18)9-7-11/h6-10,13,16H,3-5H2,1-2H3,(H,19,23)(H,20,21)/t13-,16-/m1/s1. The quantitative estimate of drug-likeness (QED) is 0.861. The maximum atomic E-state index is 12.5. The number of aromatic nitrogens is 2. The smallest absolute Gasteiger partial charge is 0.269 e. The minimum Gasteiger partial charge on any atom is -0.346 e. The molecule has 5 nitrogen and oxygen atoms in total. The highest BCUT2D eigenvalue weighted by atomic mass is 79.9. The van der Waals surface area contributed by atoms with Crippen molar-refractivity contribution < 1.29 is 4.79 Å². The van der Waals surface area contributed by atoms with Crippen molar-refractivity contribution in [2.75, 3.05) is 14.1 Å².